The van der Waals surface area contributed by atoms with Crippen LogP contribution in [0, 0.1) is 11.8 Å². The van der Waals surface area contributed by atoms with Gasteiger partial charge in [-0.2, -0.15) is 0 Å². The Morgan fingerprint density at radius 1 is 1.10 bits per heavy atom. The van der Waals surface area contributed by atoms with Crippen LogP contribution in [-0.4, -0.2) is 24.0 Å². The van der Waals surface area contributed by atoms with Gasteiger partial charge in [0.1, 0.15) is 0 Å². The van der Waals surface area contributed by atoms with Crippen LogP contribution in [0.1, 0.15) is 45.1 Å². The number of nitrogens with two attached hydrogens (primary N) is 1. The van der Waals surface area contributed by atoms with E-state index in [0.29, 0.717) is 0 Å². The number of hydrogen-bond acceptors (Lipinski definition) is 2. The van der Waals surface area contributed by atoms with Gasteiger partial charge in [-0.05, 0) is 56.2 Å². The molecular formula is C18H30N2. The van der Waals surface area contributed by atoms with Crippen LogP contribution in [0.4, 0.5) is 0 Å². The summed E-state index contributed by atoms with van der Waals surface area (Å²) in [7, 11) is 0. The van der Waals surface area contributed by atoms with Crippen molar-refractivity contribution >= 4 is 0 Å². The highest BCUT2D eigenvalue weighted by atomic mass is 15.2. The molecule has 0 bridgehead atoms. The molecule has 0 aromatic heterocycles. The average molecular weight is 274 g/mol. The van der Waals surface area contributed by atoms with E-state index in [1.165, 1.54) is 24.8 Å². The van der Waals surface area contributed by atoms with E-state index in [2.05, 4.69) is 49.1 Å². The molecule has 1 aliphatic carbocycles. The van der Waals surface area contributed by atoms with Crippen molar-refractivity contribution in [2.45, 2.75) is 52.1 Å². The van der Waals surface area contributed by atoms with Crippen LogP contribution in [0.25, 0.3) is 0 Å². The number of nitrogens with zero attached hydrogens (tertiary/aromatic N) is 1. The molecule has 112 valence electrons. The van der Waals surface area contributed by atoms with Crippen molar-refractivity contribution < 1.29 is 0 Å². The summed E-state index contributed by atoms with van der Waals surface area (Å²) >= 11 is 0. The predicted octanol–water partition coefficient (Wildman–Crippen LogP) is 3.66. The topological polar surface area (TPSA) is 29.3 Å². The lowest BCUT2D eigenvalue weighted by molar-refractivity contribution is 0.102. The van der Waals surface area contributed by atoms with Crippen LogP contribution >= 0.6 is 0 Å². The Balaban J connectivity index is 1.99. The summed E-state index contributed by atoms with van der Waals surface area (Å²) in [4.78, 5) is 2.67. The highest BCUT2D eigenvalue weighted by molar-refractivity contribution is 5.14. The molecule has 1 aromatic carbocycles. The molecule has 0 spiro atoms. The fraction of sp³-hybridized carbons (Fsp3) is 0.667. The van der Waals surface area contributed by atoms with Crippen LogP contribution in [-0.2, 0) is 6.54 Å². The molecular weight excluding hydrogens is 244 g/mol. The third kappa shape index (κ3) is 4.32. The van der Waals surface area contributed by atoms with Gasteiger partial charge in [-0.15, -0.1) is 0 Å². The molecule has 2 nitrogen and oxygen atoms in total. The minimum Gasteiger partial charge on any atom is -0.330 e. The van der Waals surface area contributed by atoms with E-state index in [-0.39, 0.29) is 0 Å². The molecule has 2 N–H and O–H groups in total. The van der Waals surface area contributed by atoms with Gasteiger partial charge in [-0.25, -0.2) is 0 Å². The van der Waals surface area contributed by atoms with Gasteiger partial charge in [-0.3, -0.25) is 4.90 Å². The Bertz CT molecular complexity index is 376. The zero-order valence-corrected chi connectivity index (χ0v) is 13.1. The van der Waals surface area contributed by atoms with E-state index < -0.39 is 0 Å². The molecule has 20 heavy (non-hydrogen) atoms. The van der Waals surface area contributed by atoms with Crippen molar-refractivity contribution in [2.75, 3.05) is 13.1 Å². The van der Waals surface area contributed by atoms with Gasteiger partial charge >= 0.3 is 0 Å². The Labute approximate surface area is 124 Å². The van der Waals surface area contributed by atoms with Gasteiger partial charge < -0.3 is 5.73 Å². The smallest absolute Gasteiger partial charge is 0.0236 e. The first-order chi connectivity index (χ1) is 9.70. The summed E-state index contributed by atoms with van der Waals surface area (Å²) in [5.41, 5.74) is 7.15. The second-order valence-electron chi connectivity index (χ2n) is 6.52. The maximum atomic E-state index is 5.72. The molecule has 3 atom stereocenters. The van der Waals surface area contributed by atoms with Crippen LogP contribution in [0.3, 0.4) is 0 Å². The summed E-state index contributed by atoms with van der Waals surface area (Å²) in [6, 6.07) is 11.6. The number of hydrogen-bond donors (Lipinski definition) is 1. The summed E-state index contributed by atoms with van der Waals surface area (Å²) in [6.45, 7) is 7.83. The van der Waals surface area contributed by atoms with E-state index in [1.807, 2.05) is 0 Å². The van der Waals surface area contributed by atoms with E-state index in [0.717, 1.165) is 43.9 Å². The lowest BCUT2D eigenvalue weighted by Crippen LogP contribution is -2.40. The van der Waals surface area contributed by atoms with Gasteiger partial charge in [0.05, 0.1) is 0 Å². The molecule has 0 saturated heterocycles. The largest absolute Gasteiger partial charge is 0.330 e. The fourth-order valence-electron chi connectivity index (χ4n) is 3.35. The normalized spacial score (nSPS) is 26.9. The number of rotatable bonds is 6. The minimum atomic E-state index is 0.743. The SMILES string of the molecule is CC1CCC(N(CCCN)Cc2ccccc2)CC1C. The molecule has 3 unspecified atom stereocenters. The molecule has 0 amide bonds. The van der Waals surface area contributed by atoms with Crippen LogP contribution in [0.5, 0.6) is 0 Å². The van der Waals surface area contributed by atoms with Crippen LogP contribution in [0.2, 0.25) is 0 Å². The van der Waals surface area contributed by atoms with Crippen molar-refractivity contribution in [2.24, 2.45) is 17.6 Å². The Morgan fingerprint density at radius 3 is 2.50 bits per heavy atom. The lowest BCUT2D eigenvalue weighted by Gasteiger charge is -2.39. The predicted molar refractivity (Wildman–Crippen MR) is 86.5 cm³/mol. The second kappa shape index (κ2) is 7.80. The van der Waals surface area contributed by atoms with Crippen LogP contribution < -0.4 is 5.73 Å². The Hall–Kier alpha value is -0.860. The quantitative estimate of drug-likeness (QED) is 0.857. The molecule has 0 radical (unpaired) electrons. The number of benzene rings is 1. The molecule has 0 aliphatic heterocycles. The van der Waals surface area contributed by atoms with Crippen molar-refractivity contribution in [1.29, 1.82) is 0 Å². The van der Waals surface area contributed by atoms with Gasteiger partial charge in [0.25, 0.3) is 0 Å². The van der Waals surface area contributed by atoms with E-state index in [4.69, 9.17) is 5.73 Å². The van der Waals surface area contributed by atoms with Crippen molar-refractivity contribution in [3.8, 4) is 0 Å². The Kier molecular flexibility index (Phi) is 6.06. The maximum Gasteiger partial charge on any atom is 0.0236 e. The molecule has 2 heteroatoms. The summed E-state index contributed by atoms with van der Waals surface area (Å²) < 4.78 is 0. The fourth-order valence-corrected chi connectivity index (χ4v) is 3.35. The highest BCUT2D eigenvalue weighted by Crippen LogP contribution is 2.32. The molecule has 2 rings (SSSR count). The second-order valence-corrected chi connectivity index (χ2v) is 6.52. The Morgan fingerprint density at radius 2 is 1.85 bits per heavy atom. The van der Waals surface area contributed by atoms with Gasteiger partial charge in [-0.1, -0.05) is 44.2 Å². The van der Waals surface area contributed by atoms with Gasteiger partial charge in [0.2, 0.25) is 0 Å². The molecule has 1 saturated carbocycles. The van der Waals surface area contributed by atoms with Crippen molar-refractivity contribution in [3.63, 3.8) is 0 Å². The first-order valence-electron chi connectivity index (χ1n) is 8.18. The molecule has 1 aliphatic rings. The average Bonchev–Trinajstić information content (AvgIpc) is 2.47. The lowest BCUT2D eigenvalue weighted by atomic mass is 9.78. The van der Waals surface area contributed by atoms with Crippen molar-refractivity contribution in [1.82, 2.24) is 4.90 Å². The molecule has 0 heterocycles. The van der Waals surface area contributed by atoms with Gasteiger partial charge in [0, 0.05) is 12.6 Å². The van der Waals surface area contributed by atoms with E-state index >= 15 is 0 Å². The first kappa shape index (κ1) is 15.5. The highest BCUT2D eigenvalue weighted by Gasteiger charge is 2.28. The third-order valence-corrected chi connectivity index (χ3v) is 4.96. The summed E-state index contributed by atoms with van der Waals surface area (Å²) in [5.74, 6) is 1.74. The van der Waals surface area contributed by atoms with Crippen LogP contribution in [0.15, 0.2) is 30.3 Å². The maximum absolute atomic E-state index is 5.72. The first-order valence-corrected chi connectivity index (χ1v) is 8.18. The monoisotopic (exact) mass is 274 g/mol. The zero-order valence-electron chi connectivity index (χ0n) is 13.1. The zero-order chi connectivity index (χ0) is 14.4. The standard InChI is InChI=1S/C18H30N2/c1-15-9-10-18(13-16(15)2)20(12-6-11-19)14-17-7-4-3-5-8-17/h3-5,7-8,15-16,18H,6,9-14,19H2,1-2H3. The third-order valence-electron chi connectivity index (χ3n) is 4.96. The minimum absolute atomic E-state index is 0.743. The van der Waals surface area contributed by atoms with Gasteiger partial charge in [0.15, 0.2) is 0 Å². The molecule has 1 fully saturated rings. The summed E-state index contributed by atoms with van der Waals surface area (Å²) in [6.07, 6.45) is 5.18. The summed E-state index contributed by atoms with van der Waals surface area (Å²) in [5, 5.41) is 0. The van der Waals surface area contributed by atoms with Crippen molar-refractivity contribution in [3.05, 3.63) is 35.9 Å². The van der Waals surface area contributed by atoms with E-state index in [1.54, 1.807) is 0 Å². The van der Waals surface area contributed by atoms with E-state index in [9.17, 15) is 0 Å². The molecule has 1 aromatic rings.